The van der Waals surface area contributed by atoms with E-state index in [0.29, 0.717) is 12.5 Å². The molecular formula is C25H34N6O. The third-order valence-corrected chi connectivity index (χ3v) is 6.57. The van der Waals surface area contributed by atoms with Gasteiger partial charge in [-0.2, -0.15) is 0 Å². The topological polar surface area (TPSA) is 59.3 Å². The van der Waals surface area contributed by atoms with Crippen molar-refractivity contribution in [2.24, 2.45) is 5.92 Å². The van der Waals surface area contributed by atoms with Crippen molar-refractivity contribution in [3.63, 3.8) is 0 Å². The van der Waals surface area contributed by atoms with Gasteiger partial charge in [0.15, 0.2) is 5.82 Å². The predicted octanol–water partition coefficient (Wildman–Crippen LogP) is 3.87. The van der Waals surface area contributed by atoms with E-state index in [1.165, 1.54) is 16.8 Å². The van der Waals surface area contributed by atoms with E-state index in [2.05, 4.69) is 83.4 Å². The Morgan fingerprint density at radius 3 is 2.34 bits per heavy atom. The second kappa shape index (κ2) is 9.69. The van der Waals surface area contributed by atoms with Crippen LogP contribution in [-0.2, 0) is 6.54 Å². The number of aromatic nitrogens is 4. The number of piperazine rings is 1. The fraction of sp³-hybridized carbons (Fsp3) is 0.480. The number of anilines is 1. The molecule has 7 heteroatoms. The van der Waals surface area contributed by atoms with Crippen molar-refractivity contribution >= 4 is 5.69 Å². The molecule has 1 fully saturated rings. The Kier molecular flexibility index (Phi) is 6.74. The van der Waals surface area contributed by atoms with Crippen LogP contribution in [0.2, 0.25) is 0 Å². The van der Waals surface area contributed by atoms with Crippen molar-refractivity contribution in [3.05, 3.63) is 65.0 Å². The minimum absolute atomic E-state index is 0.184. The Bertz CT molecular complexity index is 1020. The van der Waals surface area contributed by atoms with Crippen LogP contribution < -0.4 is 9.64 Å². The molecule has 1 aromatic heterocycles. The molecule has 1 atom stereocenters. The largest absolute Gasteiger partial charge is 0.497 e. The van der Waals surface area contributed by atoms with E-state index in [1.54, 1.807) is 7.11 Å². The number of methoxy groups -OCH3 is 1. The van der Waals surface area contributed by atoms with Crippen LogP contribution >= 0.6 is 0 Å². The summed E-state index contributed by atoms with van der Waals surface area (Å²) < 4.78 is 7.22. The van der Waals surface area contributed by atoms with Crippen molar-refractivity contribution in [3.8, 4) is 5.75 Å². The van der Waals surface area contributed by atoms with Crippen LogP contribution in [0, 0.1) is 19.8 Å². The maximum absolute atomic E-state index is 5.27. The van der Waals surface area contributed by atoms with E-state index in [9.17, 15) is 0 Å². The van der Waals surface area contributed by atoms with Crippen LogP contribution in [0.15, 0.2) is 42.5 Å². The quantitative estimate of drug-likeness (QED) is 0.563. The summed E-state index contributed by atoms with van der Waals surface area (Å²) >= 11 is 0. The summed E-state index contributed by atoms with van der Waals surface area (Å²) in [6.45, 7) is 13.6. The molecule has 0 radical (unpaired) electrons. The molecule has 0 spiro atoms. The molecule has 1 saturated heterocycles. The standard InChI is InChI=1S/C25H34N6O/c1-18(2)24(25-26-27-28-31(25)17-21-9-11-22(32-5)12-10-21)30-15-13-29(14-16-30)23-8-6-7-19(3)20(23)4/h6-12,18,24H,13-17H2,1-5H3/t24-/m0/s1. The fourth-order valence-corrected chi connectivity index (χ4v) is 4.64. The molecule has 0 aliphatic carbocycles. The van der Waals surface area contributed by atoms with E-state index < -0.39 is 0 Å². The second-order valence-corrected chi connectivity index (χ2v) is 8.97. The van der Waals surface area contributed by atoms with Gasteiger partial charge in [0.05, 0.1) is 19.7 Å². The summed E-state index contributed by atoms with van der Waals surface area (Å²) in [5, 5.41) is 12.8. The van der Waals surface area contributed by atoms with Crippen LogP contribution in [0.5, 0.6) is 5.75 Å². The number of nitrogens with zero attached hydrogens (tertiary/aromatic N) is 6. The van der Waals surface area contributed by atoms with Crippen molar-refractivity contribution in [1.82, 2.24) is 25.1 Å². The Labute approximate surface area is 191 Å². The number of benzene rings is 2. The van der Waals surface area contributed by atoms with E-state index >= 15 is 0 Å². The molecule has 0 unspecified atom stereocenters. The minimum Gasteiger partial charge on any atom is -0.497 e. The van der Waals surface area contributed by atoms with E-state index in [-0.39, 0.29) is 6.04 Å². The van der Waals surface area contributed by atoms with Crippen molar-refractivity contribution in [2.75, 3.05) is 38.2 Å². The number of rotatable bonds is 7. The SMILES string of the molecule is COc1ccc(Cn2nnnc2[C@H](C(C)C)N2CCN(c3cccc(C)c3C)CC2)cc1. The first-order chi connectivity index (χ1) is 15.5. The van der Waals surface area contributed by atoms with E-state index in [0.717, 1.165) is 43.3 Å². The lowest BCUT2D eigenvalue weighted by Gasteiger charge is -2.41. The Hall–Kier alpha value is -2.93. The molecule has 0 saturated carbocycles. The molecular weight excluding hydrogens is 400 g/mol. The fourth-order valence-electron chi connectivity index (χ4n) is 4.64. The highest BCUT2D eigenvalue weighted by Crippen LogP contribution is 2.30. The lowest BCUT2D eigenvalue weighted by molar-refractivity contribution is 0.135. The van der Waals surface area contributed by atoms with Crippen LogP contribution in [0.25, 0.3) is 0 Å². The van der Waals surface area contributed by atoms with Gasteiger partial charge < -0.3 is 9.64 Å². The lowest BCUT2D eigenvalue weighted by atomic mass is 10.00. The summed E-state index contributed by atoms with van der Waals surface area (Å²) in [4.78, 5) is 5.05. The number of hydrogen-bond donors (Lipinski definition) is 0. The van der Waals surface area contributed by atoms with Gasteiger partial charge in [0, 0.05) is 31.9 Å². The molecule has 0 amide bonds. The highest BCUT2D eigenvalue weighted by Gasteiger charge is 2.31. The van der Waals surface area contributed by atoms with Gasteiger partial charge in [0.25, 0.3) is 0 Å². The van der Waals surface area contributed by atoms with Crippen LogP contribution in [0.1, 0.15) is 42.4 Å². The molecule has 4 rings (SSSR count). The van der Waals surface area contributed by atoms with Crippen LogP contribution in [-0.4, -0.2) is 58.4 Å². The maximum atomic E-state index is 5.27. The molecule has 1 aliphatic rings. The number of aryl methyl sites for hydroxylation is 1. The summed E-state index contributed by atoms with van der Waals surface area (Å²) in [5.41, 5.74) is 5.24. The zero-order valence-corrected chi connectivity index (χ0v) is 19.8. The molecule has 170 valence electrons. The minimum atomic E-state index is 0.184. The van der Waals surface area contributed by atoms with E-state index in [4.69, 9.17) is 4.74 Å². The molecule has 0 bridgehead atoms. The van der Waals surface area contributed by atoms with Gasteiger partial charge in [-0.25, -0.2) is 4.68 Å². The number of ether oxygens (including phenoxy) is 1. The van der Waals surface area contributed by atoms with Gasteiger partial charge in [-0.1, -0.05) is 38.1 Å². The summed E-state index contributed by atoms with van der Waals surface area (Å²) in [6.07, 6.45) is 0. The van der Waals surface area contributed by atoms with Crippen molar-refractivity contribution in [2.45, 2.75) is 40.3 Å². The van der Waals surface area contributed by atoms with Crippen LogP contribution in [0.3, 0.4) is 0 Å². The normalized spacial score (nSPS) is 15.9. The average molecular weight is 435 g/mol. The average Bonchev–Trinajstić information content (AvgIpc) is 3.24. The predicted molar refractivity (Wildman–Crippen MR) is 127 cm³/mol. The first kappa shape index (κ1) is 22.3. The molecule has 2 aromatic carbocycles. The Balaban J connectivity index is 1.49. The lowest BCUT2D eigenvalue weighted by Crippen LogP contribution is -2.49. The van der Waals surface area contributed by atoms with Crippen molar-refractivity contribution in [1.29, 1.82) is 0 Å². The summed E-state index contributed by atoms with van der Waals surface area (Å²) in [6, 6.07) is 14.9. The summed E-state index contributed by atoms with van der Waals surface area (Å²) in [5.74, 6) is 2.20. The molecule has 32 heavy (non-hydrogen) atoms. The maximum Gasteiger partial charge on any atom is 0.169 e. The molecule has 1 aliphatic heterocycles. The third kappa shape index (κ3) is 4.63. The van der Waals surface area contributed by atoms with Gasteiger partial charge in [-0.3, -0.25) is 4.90 Å². The monoisotopic (exact) mass is 434 g/mol. The smallest absolute Gasteiger partial charge is 0.169 e. The number of hydrogen-bond acceptors (Lipinski definition) is 6. The molecule has 0 N–H and O–H groups in total. The van der Waals surface area contributed by atoms with Crippen molar-refractivity contribution < 1.29 is 4.74 Å². The summed E-state index contributed by atoms with van der Waals surface area (Å²) in [7, 11) is 1.68. The second-order valence-electron chi connectivity index (χ2n) is 8.97. The Morgan fingerprint density at radius 2 is 1.69 bits per heavy atom. The van der Waals surface area contributed by atoms with Gasteiger partial charge in [-0.15, -0.1) is 5.10 Å². The zero-order chi connectivity index (χ0) is 22.7. The van der Waals surface area contributed by atoms with Crippen LogP contribution in [0.4, 0.5) is 5.69 Å². The highest BCUT2D eigenvalue weighted by atomic mass is 16.5. The first-order valence-electron chi connectivity index (χ1n) is 11.4. The third-order valence-electron chi connectivity index (χ3n) is 6.57. The van der Waals surface area contributed by atoms with Gasteiger partial charge >= 0.3 is 0 Å². The zero-order valence-electron chi connectivity index (χ0n) is 19.8. The first-order valence-corrected chi connectivity index (χ1v) is 11.4. The molecule has 3 aromatic rings. The van der Waals surface area contributed by atoms with E-state index in [1.807, 2.05) is 16.8 Å². The Morgan fingerprint density at radius 1 is 0.969 bits per heavy atom. The van der Waals surface area contributed by atoms with Gasteiger partial charge in [-0.05, 0) is 65.1 Å². The molecule has 7 nitrogen and oxygen atoms in total. The number of tetrazole rings is 1. The highest BCUT2D eigenvalue weighted by molar-refractivity contribution is 5.56. The van der Waals surface area contributed by atoms with Gasteiger partial charge in [0.2, 0.25) is 0 Å². The van der Waals surface area contributed by atoms with Gasteiger partial charge in [0.1, 0.15) is 5.75 Å². The molecule has 2 heterocycles.